The third-order valence-electron chi connectivity index (χ3n) is 3.50. The summed E-state index contributed by atoms with van der Waals surface area (Å²) in [5.74, 6) is 0.332. The summed E-state index contributed by atoms with van der Waals surface area (Å²) in [4.78, 5) is 0. The molecule has 1 aromatic carbocycles. The Bertz CT molecular complexity index is 598. The van der Waals surface area contributed by atoms with E-state index < -0.39 is 0 Å². The highest BCUT2D eigenvalue weighted by Crippen LogP contribution is 2.32. The van der Waals surface area contributed by atoms with Crippen LogP contribution in [0.5, 0.6) is 0 Å². The Labute approximate surface area is 129 Å². The summed E-state index contributed by atoms with van der Waals surface area (Å²) in [6.45, 7) is 0. The summed E-state index contributed by atoms with van der Waals surface area (Å²) < 4.78 is 16.5. The minimum absolute atomic E-state index is 0.194. The van der Waals surface area contributed by atoms with Crippen molar-refractivity contribution in [2.24, 2.45) is 0 Å². The molecule has 4 nitrogen and oxygen atoms in total. The molecule has 106 valence electrons. The molecule has 0 N–H and O–H groups in total. The fraction of sp³-hybridized carbons (Fsp3) is 0.462. The number of aromatic nitrogens is 4. The van der Waals surface area contributed by atoms with Crippen molar-refractivity contribution >= 4 is 27.7 Å². The fourth-order valence-corrected chi connectivity index (χ4v) is 3.78. The standard InChI is InChI=1S/C13H14BrFN4S/c14-10-5-6-12(15)9(7-10)8-20-13-16-17-18-19(13)11-3-1-2-4-11/h5-7,11H,1-4,8H2. The van der Waals surface area contributed by atoms with Crippen LogP contribution in [-0.2, 0) is 5.75 Å². The summed E-state index contributed by atoms with van der Waals surface area (Å²) in [6.07, 6.45) is 4.72. The Hall–Kier alpha value is -0.950. The van der Waals surface area contributed by atoms with Gasteiger partial charge in [0.25, 0.3) is 0 Å². The molecule has 1 fully saturated rings. The lowest BCUT2D eigenvalue weighted by molar-refractivity contribution is 0.423. The number of rotatable bonds is 4. The Balaban J connectivity index is 1.72. The minimum Gasteiger partial charge on any atom is -0.217 e. The van der Waals surface area contributed by atoms with E-state index in [1.54, 1.807) is 12.1 Å². The molecule has 0 spiro atoms. The highest BCUT2D eigenvalue weighted by molar-refractivity contribution is 9.10. The van der Waals surface area contributed by atoms with Gasteiger partial charge in [0.1, 0.15) is 5.82 Å². The number of benzene rings is 1. The van der Waals surface area contributed by atoms with Gasteiger partial charge in [-0.3, -0.25) is 0 Å². The summed E-state index contributed by atoms with van der Waals surface area (Å²) in [5, 5.41) is 12.7. The molecule has 1 saturated carbocycles. The lowest BCUT2D eigenvalue weighted by Gasteiger charge is -2.10. The van der Waals surface area contributed by atoms with Gasteiger partial charge in [-0.25, -0.2) is 9.07 Å². The zero-order valence-corrected chi connectivity index (χ0v) is 13.2. The predicted molar refractivity (Wildman–Crippen MR) is 79.0 cm³/mol. The van der Waals surface area contributed by atoms with E-state index in [2.05, 4.69) is 31.5 Å². The third kappa shape index (κ3) is 3.03. The molecule has 0 radical (unpaired) electrons. The van der Waals surface area contributed by atoms with E-state index in [0.29, 0.717) is 17.4 Å². The zero-order chi connectivity index (χ0) is 13.9. The molecule has 3 rings (SSSR count). The van der Waals surface area contributed by atoms with Crippen LogP contribution < -0.4 is 0 Å². The third-order valence-corrected chi connectivity index (χ3v) is 4.97. The number of nitrogens with zero attached hydrogens (tertiary/aromatic N) is 4. The van der Waals surface area contributed by atoms with Crippen LogP contribution in [0.2, 0.25) is 0 Å². The normalized spacial score (nSPS) is 15.9. The molecule has 1 heterocycles. The smallest absolute Gasteiger partial charge is 0.209 e. The van der Waals surface area contributed by atoms with Gasteiger partial charge in [0, 0.05) is 10.2 Å². The number of hydrogen-bond donors (Lipinski definition) is 0. The second-order valence-electron chi connectivity index (χ2n) is 4.87. The van der Waals surface area contributed by atoms with Crippen molar-refractivity contribution in [1.29, 1.82) is 0 Å². The van der Waals surface area contributed by atoms with Crippen molar-refractivity contribution in [2.45, 2.75) is 42.6 Å². The average Bonchev–Trinajstić information content (AvgIpc) is 3.09. The van der Waals surface area contributed by atoms with Crippen LogP contribution in [0.1, 0.15) is 37.3 Å². The van der Waals surface area contributed by atoms with Crippen molar-refractivity contribution < 1.29 is 4.39 Å². The van der Waals surface area contributed by atoms with Gasteiger partial charge in [-0.05, 0) is 47.0 Å². The van der Waals surface area contributed by atoms with Gasteiger partial charge in [-0.2, -0.15) is 0 Å². The van der Waals surface area contributed by atoms with Crippen molar-refractivity contribution in [3.8, 4) is 0 Å². The van der Waals surface area contributed by atoms with E-state index >= 15 is 0 Å². The SMILES string of the molecule is Fc1ccc(Br)cc1CSc1nnnn1C1CCCC1. The predicted octanol–water partition coefficient (Wildman–Crippen LogP) is 3.98. The molecule has 0 bridgehead atoms. The van der Waals surface area contributed by atoms with Crippen molar-refractivity contribution in [3.63, 3.8) is 0 Å². The second kappa shape index (κ2) is 6.22. The molecule has 2 aromatic rings. The van der Waals surface area contributed by atoms with E-state index in [4.69, 9.17) is 0 Å². The molecular formula is C13H14BrFN4S. The maximum absolute atomic E-state index is 13.7. The van der Waals surface area contributed by atoms with Crippen LogP contribution in [0.15, 0.2) is 27.8 Å². The van der Waals surface area contributed by atoms with Gasteiger partial charge in [0.2, 0.25) is 5.16 Å². The first kappa shape index (κ1) is 14.0. The molecule has 1 aliphatic rings. The van der Waals surface area contributed by atoms with Crippen molar-refractivity contribution in [3.05, 3.63) is 34.1 Å². The molecule has 0 unspecified atom stereocenters. The monoisotopic (exact) mass is 356 g/mol. The summed E-state index contributed by atoms with van der Waals surface area (Å²) >= 11 is 4.84. The van der Waals surface area contributed by atoms with Crippen molar-refractivity contribution in [1.82, 2.24) is 20.2 Å². The number of tetrazole rings is 1. The van der Waals surface area contributed by atoms with E-state index in [1.807, 2.05) is 4.68 Å². The summed E-state index contributed by atoms with van der Waals surface area (Å²) in [6, 6.07) is 5.37. The number of thioether (sulfide) groups is 1. The van der Waals surface area contributed by atoms with Gasteiger partial charge in [0.05, 0.1) is 6.04 Å². The number of hydrogen-bond acceptors (Lipinski definition) is 4. The van der Waals surface area contributed by atoms with Crippen LogP contribution >= 0.6 is 27.7 Å². The first-order chi connectivity index (χ1) is 9.74. The second-order valence-corrected chi connectivity index (χ2v) is 6.73. The maximum atomic E-state index is 13.7. The molecule has 0 amide bonds. The zero-order valence-electron chi connectivity index (χ0n) is 10.8. The lowest BCUT2D eigenvalue weighted by atomic mass is 10.2. The minimum atomic E-state index is -0.194. The molecule has 0 atom stereocenters. The van der Waals surface area contributed by atoms with Gasteiger partial charge in [0.15, 0.2) is 0 Å². The van der Waals surface area contributed by atoms with Crippen LogP contribution in [0.4, 0.5) is 4.39 Å². The quantitative estimate of drug-likeness (QED) is 0.777. The Morgan fingerprint density at radius 2 is 2.15 bits per heavy atom. The molecule has 20 heavy (non-hydrogen) atoms. The van der Waals surface area contributed by atoms with E-state index in [-0.39, 0.29) is 5.82 Å². The number of halogens is 2. The molecule has 7 heteroatoms. The van der Waals surface area contributed by atoms with Crippen LogP contribution in [-0.4, -0.2) is 20.2 Å². The van der Waals surface area contributed by atoms with Gasteiger partial charge in [-0.1, -0.05) is 40.5 Å². The lowest BCUT2D eigenvalue weighted by Crippen LogP contribution is -2.08. The summed E-state index contributed by atoms with van der Waals surface area (Å²) in [7, 11) is 0. The fourth-order valence-electron chi connectivity index (χ4n) is 2.45. The van der Waals surface area contributed by atoms with Crippen LogP contribution in [0.25, 0.3) is 0 Å². The largest absolute Gasteiger partial charge is 0.217 e. The highest BCUT2D eigenvalue weighted by Gasteiger charge is 2.21. The van der Waals surface area contributed by atoms with Crippen LogP contribution in [0.3, 0.4) is 0 Å². The molecule has 1 aromatic heterocycles. The molecular weight excluding hydrogens is 343 g/mol. The molecule has 0 aliphatic heterocycles. The Kier molecular flexibility index (Phi) is 4.35. The topological polar surface area (TPSA) is 43.6 Å². The highest BCUT2D eigenvalue weighted by atomic mass is 79.9. The van der Waals surface area contributed by atoms with E-state index in [9.17, 15) is 4.39 Å². The van der Waals surface area contributed by atoms with E-state index in [1.165, 1.54) is 30.7 Å². The Morgan fingerprint density at radius 1 is 1.35 bits per heavy atom. The van der Waals surface area contributed by atoms with Gasteiger partial charge in [-0.15, -0.1) is 5.10 Å². The van der Waals surface area contributed by atoms with Crippen molar-refractivity contribution in [2.75, 3.05) is 0 Å². The first-order valence-electron chi connectivity index (χ1n) is 6.58. The molecule has 0 saturated heterocycles. The molecule has 1 aliphatic carbocycles. The Morgan fingerprint density at radius 3 is 2.95 bits per heavy atom. The van der Waals surface area contributed by atoms with Gasteiger partial charge < -0.3 is 0 Å². The first-order valence-corrected chi connectivity index (χ1v) is 8.36. The maximum Gasteiger partial charge on any atom is 0.209 e. The van der Waals surface area contributed by atoms with E-state index in [0.717, 1.165) is 22.5 Å². The van der Waals surface area contributed by atoms with Crippen LogP contribution in [0, 0.1) is 5.82 Å². The van der Waals surface area contributed by atoms with Gasteiger partial charge >= 0.3 is 0 Å². The summed E-state index contributed by atoms with van der Waals surface area (Å²) in [5.41, 5.74) is 0.658. The average molecular weight is 357 g/mol.